The van der Waals surface area contributed by atoms with Gasteiger partial charge >= 0.3 is 0 Å². The first-order valence-electron chi connectivity index (χ1n) is 5.97. The van der Waals surface area contributed by atoms with Gasteiger partial charge in [-0.15, -0.1) is 0 Å². The molecule has 3 nitrogen and oxygen atoms in total. The Balaban J connectivity index is 2.53. The SMILES string of the molecule is CCCn1nc(C)c(O)c1-c1ccc(C)cc1. The van der Waals surface area contributed by atoms with Gasteiger partial charge in [-0.25, -0.2) is 0 Å². The van der Waals surface area contributed by atoms with Gasteiger partial charge < -0.3 is 5.11 Å². The Morgan fingerprint density at radius 2 is 1.82 bits per heavy atom. The second kappa shape index (κ2) is 4.62. The van der Waals surface area contributed by atoms with Gasteiger partial charge in [0.25, 0.3) is 0 Å². The van der Waals surface area contributed by atoms with Crippen LogP contribution in [0.2, 0.25) is 0 Å². The lowest BCUT2D eigenvalue weighted by Gasteiger charge is -2.06. The fourth-order valence-corrected chi connectivity index (χ4v) is 1.94. The van der Waals surface area contributed by atoms with E-state index in [2.05, 4.69) is 18.9 Å². The molecule has 0 amide bonds. The Morgan fingerprint density at radius 1 is 1.18 bits per heavy atom. The summed E-state index contributed by atoms with van der Waals surface area (Å²) in [6.07, 6.45) is 0.999. The fourth-order valence-electron chi connectivity index (χ4n) is 1.94. The molecular weight excluding hydrogens is 212 g/mol. The maximum Gasteiger partial charge on any atom is 0.164 e. The Kier molecular flexibility index (Phi) is 3.18. The van der Waals surface area contributed by atoms with E-state index in [-0.39, 0.29) is 0 Å². The highest BCUT2D eigenvalue weighted by Crippen LogP contribution is 2.32. The Hall–Kier alpha value is -1.77. The fraction of sp³-hybridized carbons (Fsp3) is 0.357. The number of hydrogen-bond acceptors (Lipinski definition) is 2. The molecule has 1 aromatic heterocycles. The standard InChI is InChI=1S/C14H18N2O/c1-4-9-16-13(14(17)11(3)15-16)12-7-5-10(2)6-8-12/h5-8,17H,4,9H2,1-3H3. The summed E-state index contributed by atoms with van der Waals surface area (Å²) < 4.78 is 1.88. The van der Waals surface area contributed by atoms with E-state index in [1.165, 1.54) is 5.56 Å². The van der Waals surface area contributed by atoms with Gasteiger partial charge in [-0.3, -0.25) is 4.68 Å². The minimum atomic E-state index is 0.294. The van der Waals surface area contributed by atoms with Crippen molar-refractivity contribution in [2.75, 3.05) is 0 Å². The van der Waals surface area contributed by atoms with E-state index < -0.39 is 0 Å². The first kappa shape index (κ1) is 11.7. The quantitative estimate of drug-likeness (QED) is 0.878. The molecule has 3 heteroatoms. The molecule has 2 aromatic rings. The summed E-state index contributed by atoms with van der Waals surface area (Å²) in [6, 6.07) is 8.15. The highest BCUT2D eigenvalue weighted by Gasteiger charge is 2.15. The summed E-state index contributed by atoms with van der Waals surface area (Å²) in [6.45, 7) is 6.81. The topological polar surface area (TPSA) is 38.0 Å². The molecule has 0 saturated carbocycles. The van der Waals surface area contributed by atoms with Gasteiger partial charge in [0.1, 0.15) is 11.4 Å². The van der Waals surface area contributed by atoms with Crippen molar-refractivity contribution in [3.05, 3.63) is 35.5 Å². The number of nitrogens with zero attached hydrogens (tertiary/aromatic N) is 2. The predicted molar refractivity (Wildman–Crippen MR) is 69.1 cm³/mol. The Labute approximate surface area is 102 Å². The molecule has 0 aliphatic heterocycles. The molecule has 0 atom stereocenters. The smallest absolute Gasteiger partial charge is 0.164 e. The third-order valence-electron chi connectivity index (χ3n) is 2.86. The zero-order valence-electron chi connectivity index (χ0n) is 10.6. The third kappa shape index (κ3) is 2.18. The summed E-state index contributed by atoms with van der Waals surface area (Å²) >= 11 is 0. The number of aryl methyl sites for hydroxylation is 3. The van der Waals surface area contributed by atoms with Crippen LogP contribution in [-0.2, 0) is 6.54 Å². The zero-order valence-corrected chi connectivity index (χ0v) is 10.6. The summed E-state index contributed by atoms with van der Waals surface area (Å²) in [7, 11) is 0. The largest absolute Gasteiger partial charge is 0.504 e. The van der Waals surface area contributed by atoms with Crippen LogP contribution in [0.25, 0.3) is 11.3 Å². The van der Waals surface area contributed by atoms with Gasteiger partial charge in [0, 0.05) is 12.1 Å². The van der Waals surface area contributed by atoms with Crippen molar-refractivity contribution >= 4 is 0 Å². The van der Waals surface area contributed by atoms with Crippen LogP contribution in [0, 0.1) is 13.8 Å². The summed E-state index contributed by atoms with van der Waals surface area (Å²) in [5.74, 6) is 0.294. The van der Waals surface area contributed by atoms with E-state index >= 15 is 0 Å². The highest BCUT2D eigenvalue weighted by molar-refractivity contribution is 5.67. The van der Waals surface area contributed by atoms with Crippen LogP contribution >= 0.6 is 0 Å². The van der Waals surface area contributed by atoms with Crippen LogP contribution in [0.5, 0.6) is 5.75 Å². The summed E-state index contributed by atoms with van der Waals surface area (Å²) in [5.41, 5.74) is 3.74. The molecule has 0 aliphatic rings. The third-order valence-corrected chi connectivity index (χ3v) is 2.86. The van der Waals surface area contributed by atoms with E-state index in [0.29, 0.717) is 11.4 Å². The van der Waals surface area contributed by atoms with Crippen molar-refractivity contribution in [1.82, 2.24) is 9.78 Å². The summed E-state index contributed by atoms with van der Waals surface area (Å²) in [4.78, 5) is 0. The molecule has 0 fully saturated rings. The van der Waals surface area contributed by atoms with Crippen molar-refractivity contribution in [1.29, 1.82) is 0 Å². The van der Waals surface area contributed by atoms with Crippen molar-refractivity contribution in [2.45, 2.75) is 33.7 Å². The predicted octanol–water partition coefficient (Wildman–Crippen LogP) is 3.28. The van der Waals surface area contributed by atoms with Gasteiger partial charge in [0.2, 0.25) is 0 Å². The van der Waals surface area contributed by atoms with Gasteiger partial charge in [0.15, 0.2) is 5.75 Å². The molecule has 2 rings (SSSR count). The molecule has 90 valence electrons. The van der Waals surface area contributed by atoms with E-state index in [9.17, 15) is 5.11 Å². The zero-order chi connectivity index (χ0) is 12.4. The van der Waals surface area contributed by atoms with E-state index in [4.69, 9.17) is 0 Å². The van der Waals surface area contributed by atoms with Crippen LogP contribution in [0.1, 0.15) is 24.6 Å². The number of aromatic hydroxyl groups is 1. The van der Waals surface area contributed by atoms with Gasteiger partial charge in [0.05, 0.1) is 0 Å². The lowest BCUT2D eigenvalue weighted by Crippen LogP contribution is -2.01. The van der Waals surface area contributed by atoms with Crippen LogP contribution in [0.3, 0.4) is 0 Å². The second-order valence-corrected chi connectivity index (χ2v) is 4.37. The Bertz CT molecular complexity index is 512. The molecule has 0 unspecified atom stereocenters. The first-order valence-corrected chi connectivity index (χ1v) is 5.97. The lowest BCUT2D eigenvalue weighted by molar-refractivity contribution is 0.472. The molecule has 17 heavy (non-hydrogen) atoms. The monoisotopic (exact) mass is 230 g/mol. The number of rotatable bonds is 3. The molecule has 0 spiro atoms. The van der Waals surface area contributed by atoms with Gasteiger partial charge in [-0.1, -0.05) is 36.8 Å². The van der Waals surface area contributed by atoms with E-state index in [1.54, 1.807) is 0 Å². The molecule has 1 N–H and O–H groups in total. The van der Waals surface area contributed by atoms with Gasteiger partial charge in [-0.05, 0) is 20.3 Å². The van der Waals surface area contributed by atoms with Crippen LogP contribution < -0.4 is 0 Å². The average Bonchev–Trinajstić information content (AvgIpc) is 2.57. The molecule has 0 radical (unpaired) electrons. The number of aromatic nitrogens is 2. The van der Waals surface area contributed by atoms with Crippen LogP contribution in [0.15, 0.2) is 24.3 Å². The lowest BCUT2D eigenvalue weighted by atomic mass is 10.1. The van der Waals surface area contributed by atoms with E-state index in [1.807, 2.05) is 35.9 Å². The molecule has 0 aliphatic carbocycles. The molecule has 1 heterocycles. The van der Waals surface area contributed by atoms with Crippen molar-refractivity contribution < 1.29 is 5.11 Å². The molecular formula is C14H18N2O. The number of hydrogen-bond donors (Lipinski definition) is 1. The summed E-state index contributed by atoms with van der Waals surface area (Å²) in [5, 5.41) is 14.4. The molecule has 0 saturated heterocycles. The number of benzene rings is 1. The molecule has 0 bridgehead atoms. The second-order valence-electron chi connectivity index (χ2n) is 4.37. The maximum atomic E-state index is 10.1. The van der Waals surface area contributed by atoms with Crippen molar-refractivity contribution in [3.8, 4) is 17.0 Å². The molecule has 1 aromatic carbocycles. The minimum Gasteiger partial charge on any atom is -0.504 e. The normalized spacial score (nSPS) is 10.8. The highest BCUT2D eigenvalue weighted by atomic mass is 16.3. The van der Waals surface area contributed by atoms with Gasteiger partial charge in [-0.2, -0.15) is 5.10 Å². The maximum absolute atomic E-state index is 10.1. The first-order chi connectivity index (χ1) is 8.13. The average molecular weight is 230 g/mol. The van der Waals surface area contributed by atoms with Crippen LogP contribution in [-0.4, -0.2) is 14.9 Å². The van der Waals surface area contributed by atoms with Crippen molar-refractivity contribution in [2.24, 2.45) is 0 Å². The Morgan fingerprint density at radius 3 is 2.41 bits per heavy atom. The van der Waals surface area contributed by atoms with E-state index in [0.717, 1.165) is 24.2 Å². The minimum absolute atomic E-state index is 0.294. The van der Waals surface area contributed by atoms with Crippen LogP contribution in [0.4, 0.5) is 0 Å². The van der Waals surface area contributed by atoms with Crippen molar-refractivity contribution in [3.63, 3.8) is 0 Å².